The van der Waals surface area contributed by atoms with E-state index in [2.05, 4.69) is 10.4 Å². The lowest BCUT2D eigenvalue weighted by molar-refractivity contribution is -0.124. The number of nitrogens with two attached hydrogens (primary N) is 1. The number of rotatable bonds is 6. The smallest absolute Gasteiger partial charge is 0.225 e. The molecule has 0 radical (unpaired) electrons. The van der Waals surface area contributed by atoms with Crippen LogP contribution in [0.2, 0.25) is 0 Å². The first-order valence-corrected chi connectivity index (χ1v) is 7.99. The number of aromatic nitrogens is 2. The highest BCUT2D eigenvalue weighted by molar-refractivity contribution is 5.78. The third kappa shape index (κ3) is 3.90. The molecule has 2 aromatic rings. The van der Waals surface area contributed by atoms with Crippen molar-refractivity contribution in [3.8, 4) is 5.69 Å². The van der Waals surface area contributed by atoms with Crippen molar-refractivity contribution in [1.82, 2.24) is 15.1 Å². The molecule has 3 rings (SSSR count). The lowest BCUT2D eigenvalue weighted by Gasteiger charge is -2.08. The number of hydrogen-bond acceptors (Lipinski definition) is 4. The predicted octanol–water partition coefficient (Wildman–Crippen LogP) is 1.54. The number of ether oxygens (including phenoxy) is 1. The zero-order valence-electron chi connectivity index (χ0n) is 13.1. The van der Waals surface area contributed by atoms with E-state index in [1.807, 2.05) is 36.4 Å². The molecule has 1 aromatic heterocycles. The third-order valence-corrected chi connectivity index (χ3v) is 4.00. The fraction of sp³-hybridized carbons (Fsp3) is 0.412. The summed E-state index contributed by atoms with van der Waals surface area (Å²) in [5.74, 6) is 0.734. The molecule has 0 aliphatic carbocycles. The van der Waals surface area contributed by atoms with Crippen LogP contribution < -0.4 is 11.1 Å². The Hall–Kier alpha value is -2.34. The molecular weight excluding hydrogens is 292 g/mol. The summed E-state index contributed by atoms with van der Waals surface area (Å²) in [4.78, 5) is 11.9. The average molecular weight is 314 g/mol. The fourth-order valence-corrected chi connectivity index (χ4v) is 2.71. The molecule has 1 saturated heterocycles. The molecule has 0 saturated carbocycles. The molecule has 3 N–H and O–H groups in total. The highest BCUT2D eigenvalue weighted by Crippen LogP contribution is 2.15. The number of benzene rings is 1. The summed E-state index contributed by atoms with van der Waals surface area (Å²) in [6.45, 7) is 1.88. The zero-order chi connectivity index (χ0) is 16.1. The van der Waals surface area contributed by atoms with E-state index < -0.39 is 0 Å². The number of hydrogen-bond donors (Lipinski definition) is 2. The van der Waals surface area contributed by atoms with E-state index in [1.54, 1.807) is 4.68 Å². The summed E-state index contributed by atoms with van der Waals surface area (Å²) in [7, 11) is 0. The summed E-state index contributed by atoms with van der Waals surface area (Å²) >= 11 is 0. The Morgan fingerprint density at radius 3 is 2.96 bits per heavy atom. The van der Waals surface area contributed by atoms with E-state index in [1.165, 1.54) is 0 Å². The van der Waals surface area contributed by atoms with Gasteiger partial charge in [0.1, 0.15) is 5.82 Å². The molecule has 1 aliphatic heterocycles. The average Bonchev–Trinajstić information content (AvgIpc) is 3.22. The van der Waals surface area contributed by atoms with Crippen molar-refractivity contribution in [3.63, 3.8) is 0 Å². The van der Waals surface area contributed by atoms with Gasteiger partial charge in [-0.2, -0.15) is 5.10 Å². The Bertz CT molecular complexity index is 648. The van der Waals surface area contributed by atoms with Gasteiger partial charge in [-0.1, -0.05) is 18.2 Å². The van der Waals surface area contributed by atoms with Crippen LogP contribution in [0.5, 0.6) is 0 Å². The van der Waals surface area contributed by atoms with Gasteiger partial charge in [0.2, 0.25) is 5.91 Å². The molecule has 1 aliphatic rings. The SMILES string of the molecule is Nc1cc(CCCNC(=O)C2CCOC2)nn1-c1ccccc1. The van der Waals surface area contributed by atoms with Crippen LogP contribution in [0.3, 0.4) is 0 Å². The van der Waals surface area contributed by atoms with Crippen molar-refractivity contribution in [1.29, 1.82) is 0 Å². The van der Waals surface area contributed by atoms with Crippen molar-refractivity contribution >= 4 is 11.7 Å². The lowest BCUT2D eigenvalue weighted by atomic mass is 10.1. The summed E-state index contributed by atoms with van der Waals surface area (Å²) < 4.78 is 6.96. The molecule has 0 spiro atoms. The summed E-state index contributed by atoms with van der Waals surface area (Å²) in [6, 6.07) is 11.7. The van der Waals surface area contributed by atoms with Crippen LogP contribution in [0.4, 0.5) is 5.82 Å². The molecular formula is C17H22N4O2. The van der Waals surface area contributed by atoms with Crippen molar-refractivity contribution < 1.29 is 9.53 Å². The van der Waals surface area contributed by atoms with Crippen LogP contribution in [0.1, 0.15) is 18.5 Å². The van der Waals surface area contributed by atoms with E-state index in [9.17, 15) is 4.79 Å². The molecule has 1 amide bonds. The van der Waals surface area contributed by atoms with Gasteiger partial charge in [-0.3, -0.25) is 4.79 Å². The minimum absolute atomic E-state index is 0.0166. The maximum atomic E-state index is 11.9. The van der Waals surface area contributed by atoms with E-state index in [0.717, 1.165) is 30.6 Å². The van der Waals surface area contributed by atoms with E-state index >= 15 is 0 Å². The number of anilines is 1. The van der Waals surface area contributed by atoms with E-state index in [-0.39, 0.29) is 11.8 Å². The van der Waals surface area contributed by atoms with Crippen molar-refractivity contribution in [3.05, 3.63) is 42.1 Å². The minimum atomic E-state index is 0.0166. The normalized spacial score (nSPS) is 17.3. The molecule has 1 aromatic carbocycles. The number of nitrogens with zero attached hydrogens (tertiary/aromatic N) is 2. The van der Waals surface area contributed by atoms with Crippen LogP contribution in [-0.4, -0.2) is 35.4 Å². The van der Waals surface area contributed by atoms with Crippen LogP contribution in [-0.2, 0) is 16.0 Å². The molecule has 6 nitrogen and oxygen atoms in total. The second-order valence-electron chi connectivity index (χ2n) is 5.76. The van der Waals surface area contributed by atoms with Gasteiger partial charge in [0, 0.05) is 19.2 Å². The minimum Gasteiger partial charge on any atom is -0.384 e. The Balaban J connectivity index is 1.48. The van der Waals surface area contributed by atoms with Crippen molar-refractivity contribution in [2.24, 2.45) is 5.92 Å². The first-order chi connectivity index (χ1) is 11.2. The predicted molar refractivity (Wildman–Crippen MR) is 88.2 cm³/mol. The van der Waals surface area contributed by atoms with Gasteiger partial charge in [0.05, 0.1) is 23.9 Å². The number of carbonyl (C=O) groups is 1. The molecule has 122 valence electrons. The number of carbonyl (C=O) groups excluding carboxylic acids is 1. The molecule has 23 heavy (non-hydrogen) atoms. The summed E-state index contributed by atoms with van der Waals surface area (Å²) in [6.07, 6.45) is 2.44. The number of para-hydroxylation sites is 1. The number of nitrogens with one attached hydrogen (secondary N) is 1. The van der Waals surface area contributed by atoms with Gasteiger partial charge in [0.15, 0.2) is 0 Å². The first kappa shape index (κ1) is 15.6. The van der Waals surface area contributed by atoms with Gasteiger partial charge in [-0.05, 0) is 31.4 Å². The molecule has 1 fully saturated rings. The molecule has 6 heteroatoms. The number of amides is 1. The number of nitrogen functional groups attached to an aromatic ring is 1. The zero-order valence-corrected chi connectivity index (χ0v) is 13.1. The van der Waals surface area contributed by atoms with Crippen molar-refractivity contribution in [2.45, 2.75) is 19.3 Å². The van der Waals surface area contributed by atoms with E-state index in [0.29, 0.717) is 25.6 Å². The van der Waals surface area contributed by atoms with Gasteiger partial charge >= 0.3 is 0 Å². The van der Waals surface area contributed by atoms with E-state index in [4.69, 9.17) is 10.5 Å². The van der Waals surface area contributed by atoms with Crippen LogP contribution in [0, 0.1) is 5.92 Å². The summed E-state index contributed by atoms with van der Waals surface area (Å²) in [5, 5.41) is 7.50. The molecule has 0 bridgehead atoms. The molecule has 1 atom stereocenters. The van der Waals surface area contributed by atoms with Crippen molar-refractivity contribution in [2.75, 3.05) is 25.5 Å². The van der Waals surface area contributed by atoms with Gasteiger partial charge < -0.3 is 15.8 Å². The maximum absolute atomic E-state index is 11.9. The maximum Gasteiger partial charge on any atom is 0.225 e. The van der Waals surface area contributed by atoms with Gasteiger partial charge in [-0.25, -0.2) is 4.68 Å². The second kappa shape index (κ2) is 7.28. The van der Waals surface area contributed by atoms with Crippen LogP contribution >= 0.6 is 0 Å². The number of aryl methyl sites for hydroxylation is 1. The largest absolute Gasteiger partial charge is 0.384 e. The quantitative estimate of drug-likeness (QED) is 0.792. The first-order valence-electron chi connectivity index (χ1n) is 7.99. The molecule has 1 unspecified atom stereocenters. The monoisotopic (exact) mass is 314 g/mol. The third-order valence-electron chi connectivity index (χ3n) is 4.00. The highest BCUT2D eigenvalue weighted by atomic mass is 16.5. The topological polar surface area (TPSA) is 82.2 Å². The van der Waals surface area contributed by atoms with Crippen LogP contribution in [0.15, 0.2) is 36.4 Å². The van der Waals surface area contributed by atoms with Gasteiger partial charge in [0.25, 0.3) is 0 Å². The fourth-order valence-electron chi connectivity index (χ4n) is 2.71. The lowest BCUT2D eigenvalue weighted by Crippen LogP contribution is -2.31. The Kier molecular flexibility index (Phi) is 4.92. The Labute approximate surface area is 135 Å². The Morgan fingerprint density at radius 2 is 2.22 bits per heavy atom. The highest BCUT2D eigenvalue weighted by Gasteiger charge is 2.22. The van der Waals surface area contributed by atoms with Crippen LogP contribution in [0.25, 0.3) is 5.69 Å². The second-order valence-corrected chi connectivity index (χ2v) is 5.76. The molecule has 2 heterocycles. The summed E-state index contributed by atoms with van der Waals surface area (Å²) in [5.41, 5.74) is 7.91. The Morgan fingerprint density at radius 1 is 1.39 bits per heavy atom. The standard InChI is InChI=1S/C17H22N4O2/c18-16-11-14(20-21(16)15-6-2-1-3-7-15)5-4-9-19-17(22)13-8-10-23-12-13/h1-3,6-7,11,13H,4-5,8-10,12,18H2,(H,19,22). The van der Waals surface area contributed by atoms with Gasteiger partial charge in [-0.15, -0.1) is 0 Å².